The third kappa shape index (κ3) is 9.07. The number of benzene rings is 2. The number of hydrogen-bond donors (Lipinski definition) is 1. The van der Waals surface area contributed by atoms with Gasteiger partial charge in [-0.05, 0) is 47.3 Å². The van der Waals surface area contributed by atoms with Crippen LogP contribution in [0.2, 0.25) is 0 Å². The van der Waals surface area contributed by atoms with E-state index in [4.69, 9.17) is 0 Å². The number of nitrogens with zero attached hydrogens (tertiary/aromatic N) is 2. The van der Waals surface area contributed by atoms with Gasteiger partial charge in [0.25, 0.3) is 0 Å². The number of nitrogens with one attached hydrogen (secondary N) is 1. The van der Waals surface area contributed by atoms with Crippen LogP contribution in [0.25, 0.3) is 10.9 Å². The molecule has 0 saturated heterocycles. The molecule has 0 aliphatic rings. The lowest BCUT2D eigenvalue weighted by Crippen LogP contribution is -2.45. The molecule has 3 aromatic rings. The topological polar surface area (TPSA) is 56.4 Å². The SMILES string of the molecule is CC(C)CN(CC(=O)N(CCc1c[nH]c2ccccc12)Cc1ccccc1)C(=O)CC(C)CC(C)(C)C. The van der Waals surface area contributed by atoms with E-state index in [2.05, 4.69) is 70.8 Å². The van der Waals surface area contributed by atoms with Crippen molar-refractivity contribution < 1.29 is 9.59 Å². The number of aromatic nitrogens is 1. The normalized spacial score (nSPS) is 12.6. The Hall–Kier alpha value is -3.08. The van der Waals surface area contributed by atoms with Crippen molar-refractivity contribution in [1.29, 1.82) is 0 Å². The molecule has 2 aromatic carbocycles. The van der Waals surface area contributed by atoms with Crippen LogP contribution in [0.3, 0.4) is 0 Å². The zero-order chi connectivity index (χ0) is 27.0. The van der Waals surface area contributed by atoms with Crippen molar-refractivity contribution in [2.24, 2.45) is 17.3 Å². The Balaban J connectivity index is 1.74. The van der Waals surface area contributed by atoms with Crippen LogP contribution >= 0.6 is 0 Å². The average molecular weight is 504 g/mol. The van der Waals surface area contributed by atoms with E-state index in [-0.39, 0.29) is 29.7 Å². The second-order valence-corrected chi connectivity index (χ2v) is 12.2. The van der Waals surface area contributed by atoms with Crippen molar-refractivity contribution in [2.75, 3.05) is 19.6 Å². The fourth-order valence-electron chi connectivity index (χ4n) is 5.19. The van der Waals surface area contributed by atoms with Gasteiger partial charge in [-0.25, -0.2) is 0 Å². The number of H-pyrrole nitrogens is 1. The second kappa shape index (κ2) is 12.9. The lowest BCUT2D eigenvalue weighted by Gasteiger charge is -2.30. The fourth-order valence-corrected chi connectivity index (χ4v) is 5.19. The molecule has 1 heterocycles. The van der Waals surface area contributed by atoms with Gasteiger partial charge in [-0.1, -0.05) is 90.1 Å². The summed E-state index contributed by atoms with van der Waals surface area (Å²) in [4.78, 5) is 34.1. The third-order valence-electron chi connectivity index (χ3n) is 6.64. The molecular formula is C32H45N3O2. The van der Waals surface area contributed by atoms with Crippen LogP contribution in [0.1, 0.15) is 65.5 Å². The van der Waals surface area contributed by atoms with Crippen LogP contribution in [0.4, 0.5) is 0 Å². The molecular weight excluding hydrogens is 458 g/mol. The van der Waals surface area contributed by atoms with Gasteiger partial charge in [0.15, 0.2) is 0 Å². The smallest absolute Gasteiger partial charge is 0.242 e. The summed E-state index contributed by atoms with van der Waals surface area (Å²) in [5, 5.41) is 1.19. The summed E-state index contributed by atoms with van der Waals surface area (Å²) in [6.07, 6.45) is 4.25. The van der Waals surface area contributed by atoms with E-state index in [0.29, 0.717) is 32.0 Å². The van der Waals surface area contributed by atoms with Crippen molar-refractivity contribution >= 4 is 22.7 Å². The Kier molecular flexibility index (Phi) is 9.96. The van der Waals surface area contributed by atoms with Crippen molar-refractivity contribution in [3.05, 3.63) is 71.9 Å². The highest BCUT2D eigenvalue weighted by molar-refractivity contribution is 5.85. The minimum atomic E-state index is 0.00108. The Morgan fingerprint density at radius 3 is 2.24 bits per heavy atom. The first-order valence-corrected chi connectivity index (χ1v) is 13.7. The summed E-state index contributed by atoms with van der Waals surface area (Å²) >= 11 is 0. The average Bonchev–Trinajstić information content (AvgIpc) is 3.23. The van der Waals surface area contributed by atoms with Crippen LogP contribution in [-0.2, 0) is 22.6 Å². The van der Waals surface area contributed by atoms with Crippen molar-refractivity contribution in [1.82, 2.24) is 14.8 Å². The van der Waals surface area contributed by atoms with E-state index in [1.165, 1.54) is 10.9 Å². The minimum Gasteiger partial charge on any atom is -0.361 e. The summed E-state index contributed by atoms with van der Waals surface area (Å²) in [5.41, 5.74) is 3.58. The highest BCUT2D eigenvalue weighted by Gasteiger charge is 2.25. The molecule has 0 bridgehead atoms. The van der Waals surface area contributed by atoms with Gasteiger partial charge >= 0.3 is 0 Å². The first kappa shape index (κ1) is 28.5. The molecule has 0 aliphatic heterocycles. The molecule has 3 rings (SSSR count). The van der Waals surface area contributed by atoms with Crippen LogP contribution in [0, 0.1) is 17.3 Å². The maximum Gasteiger partial charge on any atom is 0.242 e. The molecule has 2 amide bonds. The molecule has 0 spiro atoms. The first-order chi connectivity index (χ1) is 17.5. The standard InChI is InChI=1S/C32H45N3O2/c1-24(2)21-35(30(36)18-25(3)19-32(4,5)6)23-31(37)34(22-26-12-8-7-9-13-26)17-16-27-20-33-29-15-11-10-14-28(27)29/h7-15,20,24-25,33H,16-19,21-23H2,1-6H3. The summed E-state index contributed by atoms with van der Waals surface area (Å²) in [5.74, 6) is 0.652. The van der Waals surface area contributed by atoms with Gasteiger partial charge in [0.05, 0.1) is 6.54 Å². The molecule has 1 aromatic heterocycles. The molecule has 5 nitrogen and oxygen atoms in total. The predicted octanol–water partition coefficient (Wildman–Crippen LogP) is 6.69. The first-order valence-electron chi connectivity index (χ1n) is 13.7. The number of para-hydroxylation sites is 1. The van der Waals surface area contributed by atoms with Gasteiger partial charge in [0.1, 0.15) is 0 Å². The molecule has 0 saturated carbocycles. The Labute approximate surface area is 223 Å². The molecule has 5 heteroatoms. The fraction of sp³-hybridized carbons (Fsp3) is 0.500. The third-order valence-corrected chi connectivity index (χ3v) is 6.64. The van der Waals surface area contributed by atoms with E-state index in [1.54, 1.807) is 4.90 Å². The Morgan fingerprint density at radius 1 is 0.892 bits per heavy atom. The van der Waals surface area contributed by atoms with E-state index < -0.39 is 0 Å². The number of aromatic amines is 1. The second-order valence-electron chi connectivity index (χ2n) is 12.2. The number of carbonyl (C=O) groups is 2. The maximum absolute atomic E-state index is 13.7. The number of hydrogen-bond acceptors (Lipinski definition) is 2. The summed E-state index contributed by atoms with van der Waals surface area (Å²) in [6.45, 7) is 14.8. The molecule has 0 aliphatic carbocycles. The minimum absolute atomic E-state index is 0.00108. The number of fused-ring (bicyclic) bond motifs is 1. The van der Waals surface area contributed by atoms with Crippen LogP contribution in [0.15, 0.2) is 60.8 Å². The molecule has 1 N–H and O–H groups in total. The van der Waals surface area contributed by atoms with Crippen LogP contribution in [-0.4, -0.2) is 46.2 Å². The summed E-state index contributed by atoms with van der Waals surface area (Å²) in [7, 11) is 0. The number of rotatable bonds is 12. The van der Waals surface area contributed by atoms with Gasteiger partial charge in [0, 0.05) is 43.2 Å². The quantitative estimate of drug-likeness (QED) is 0.299. The van der Waals surface area contributed by atoms with E-state index in [0.717, 1.165) is 23.9 Å². The number of amides is 2. The largest absolute Gasteiger partial charge is 0.361 e. The monoisotopic (exact) mass is 503 g/mol. The van der Waals surface area contributed by atoms with Gasteiger partial charge in [-0.15, -0.1) is 0 Å². The van der Waals surface area contributed by atoms with E-state index >= 15 is 0 Å². The lowest BCUT2D eigenvalue weighted by atomic mass is 9.84. The van der Waals surface area contributed by atoms with Crippen LogP contribution in [0.5, 0.6) is 0 Å². The highest BCUT2D eigenvalue weighted by atomic mass is 16.2. The molecule has 200 valence electrons. The van der Waals surface area contributed by atoms with Gasteiger partial charge < -0.3 is 14.8 Å². The van der Waals surface area contributed by atoms with Crippen molar-refractivity contribution in [3.8, 4) is 0 Å². The lowest BCUT2D eigenvalue weighted by molar-refractivity contribution is -0.141. The summed E-state index contributed by atoms with van der Waals surface area (Å²) < 4.78 is 0. The van der Waals surface area contributed by atoms with E-state index in [9.17, 15) is 9.59 Å². The van der Waals surface area contributed by atoms with Crippen LogP contribution < -0.4 is 0 Å². The molecule has 1 atom stereocenters. The van der Waals surface area contributed by atoms with Gasteiger partial charge in [-0.2, -0.15) is 0 Å². The Bertz CT molecular complexity index is 1140. The van der Waals surface area contributed by atoms with E-state index in [1.807, 2.05) is 41.4 Å². The number of carbonyl (C=O) groups excluding carboxylic acids is 2. The van der Waals surface area contributed by atoms with Crippen molar-refractivity contribution in [3.63, 3.8) is 0 Å². The molecule has 37 heavy (non-hydrogen) atoms. The maximum atomic E-state index is 13.7. The summed E-state index contributed by atoms with van der Waals surface area (Å²) in [6, 6.07) is 18.4. The highest BCUT2D eigenvalue weighted by Crippen LogP contribution is 2.26. The molecule has 0 fully saturated rings. The molecule has 1 unspecified atom stereocenters. The molecule has 0 radical (unpaired) electrons. The van der Waals surface area contributed by atoms with Gasteiger partial charge in [-0.3, -0.25) is 9.59 Å². The zero-order valence-corrected chi connectivity index (χ0v) is 23.6. The zero-order valence-electron chi connectivity index (χ0n) is 23.6. The van der Waals surface area contributed by atoms with Crippen molar-refractivity contribution in [2.45, 2.75) is 67.3 Å². The predicted molar refractivity (Wildman–Crippen MR) is 153 cm³/mol. The Morgan fingerprint density at radius 2 is 1.57 bits per heavy atom. The van der Waals surface area contributed by atoms with Gasteiger partial charge in [0.2, 0.25) is 11.8 Å².